The zero-order valence-corrected chi connectivity index (χ0v) is 12.0. The number of aromatic nitrogens is 2. The molecule has 1 atom stereocenters. The molecule has 1 rings (SSSR count). The van der Waals surface area contributed by atoms with E-state index in [0.29, 0.717) is 5.92 Å². The summed E-state index contributed by atoms with van der Waals surface area (Å²) < 4.78 is 0. The van der Waals surface area contributed by atoms with Crippen LogP contribution in [0.1, 0.15) is 63.0 Å². The summed E-state index contributed by atoms with van der Waals surface area (Å²) in [6, 6.07) is 2.29. The van der Waals surface area contributed by atoms with E-state index >= 15 is 0 Å². The first kappa shape index (κ1) is 15.1. The van der Waals surface area contributed by atoms with Gasteiger partial charge in [-0.05, 0) is 37.3 Å². The second kappa shape index (κ2) is 7.44. The second-order valence-corrected chi connectivity index (χ2v) is 4.88. The molecule has 1 aromatic heterocycles. The average molecular weight is 250 g/mol. The molecule has 1 unspecified atom stereocenters. The molecule has 1 heterocycles. The van der Waals surface area contributed by atoms with E-state index in [1.165, 1.54) is 18.4 Å². The molecule has 0 aliphatic carbocycles. The largest absolute Gasteiger partial charge is 0.271 e. The number of nitrogens with two attached hydrogens (primary N) is 1. The van der Waals surface area contributed by atoms with Crippen molar-refractivity contribution in [1.29, 1.82) is 0 Å². The normalized spacial score (nSPS) is 13.0. The molecule has 0 bridgehead atoms. The van der Waals surface area contributed by atoms with Crippen molar-refractivity contribution in [2.24, 2.45) is 11.8 Å². The minimum atomic E-state index is 0.180. The fraction of sp³-hybridized carbons (Fsp3) is 0.714. The van der Waals surface area contributed by atoms with Gasteiger partial charge in [-0.1, -0.05) is 33.6 Å². The van der Waals surface area contributed by atoms with Crippen LogP contribution in [0.4, 0.5) is 0 Å². The van der Waals surface area contributed by atoms with Gasteiger partial charge in [0.15, 0.2) is 0 Å². The number of aryl methyl sites for hydroxylation is 2. The number of nitrogens with one attached hydrogen (secondary N) is 1. The van der Waals surface area contributed by atoms with Gasteiger partial charge in [0, 0.05) is 6.04 Å². The van der Waals surface area contributed by atoms with Gasteiger partial charge in [0.25, 0.3) is 0 Å². The maximum absolute atomic E-state index is 5.74. The van der Waals surface area contributed by atoms with Gasteiger partial charge in [-0.25, -0.2) is 0 Å². The van der Waals surface area contributed by atoms with Gasteiger partial charge in [-0.2, -0.15) is 10.2 Å². The Kier molecular flexibility index (Phi) is 6.22. The van der Waals surface area contributed by atoms with Crippen LogP contribution in [0.15, 0.2) is 6.07 Å². The SMILES string of the molecule is CCc1nnc(C)cc1C(CC(CC)CC)NN. The van der Waals surface area contributed by atoms with Crippen molar-refractivity contribution < 1.29 is 0 Å². The zero-order chi connectivity index (χ0) is 13.5. The smallest absolute Gasteiger partial charge is 0.0676 e. The van der Waals surface area contributed by atoms with Crippen molar-refractivity contribution in [3.63, 3.8) is 0 Å². The number of hydrazine groups is 1. The highest BCUT2D eigenvalue weighted by molar-refractivity contribution is 5.24. The summed E-state index contributed by atoms with van der Waals surface area (Å²) in [7, 11) is 0. The molecule has 0 saturated heterocycles. The van der Waals surface area contributed by atoms with Crippen molar-refractivity contribution in [2.75, 3.05) is 0 Å². The van der Waals surface area contributed by atoms with E-state index in [4.69, 9.17) is 5.84 Å². The van der Waals surface area contributed by atoms with Gasteiger partial charge in [0.2, 0.25) is 0 Å². The van der Waals surface area contributed by atoms with E-state index in [1.54, 1.807) is 0 Å². The summed E-state index contributed by atoms with van der Waals surface area (Å²) in [5.74, 6) is 6.44. The minimum absolute atomic E-state index is 0.180. The summed E-state index contributed by atoms with van der Waals surface area (Å²) in [5, 5.41) is 8.41. The Labute approximate surface area is 110 Å². The highest BCUT2D eigenvalue weighted by Gasteiger charge is 2.18. The predicted molar refractivity (Wildman–Crippen MR) is 74.9 cm³/mol. The van der Waals surface area contributed by atoms with Crippen LogP contribution in [0.5, 0.6) is 0 Å². The van der Waals surface area contributed by atoms with Gasteiger partial charge in [0.05, 0.1) is 11.4 Å². The van der Waals surface area contributed by atoms with E-state index < -0.39 is 0 Å². The third kappa shape index (κ3) is 3.75. The fourth-order valence-electron chi connectivity index (χ4n) is 2.35. The highest BCUT2D eigenvalue weighted by atomic mass is 15.2. The van der Waals surface area contributed by atoms with Gasteiger partial charge in [-0.3, -0.25) is 11.3 Å². The predicted octanol–water partition coefficient (Wildman–Crippen LogP) is 2.68. The summed E-state index contributed by atoms with van der Waals surface area (Å²) in [6.07, 6.45) is 4.33. The van der Waals surface area contributed by atoms with Gasteiger partial charge < -0.3 is 0 Å². The first-order valence-corrected chi connectivity index (χ1v) is 6.95. The number of hydrogen-bond acceptors (Lipinski definition) is 4. The van der Waals surface area contributed by atoms with Gasteiger partial charge in [-0.15, -0.1) is 0 Å². The van der Waals surface area contributed by atoms with E-state index in [0.717, 1.165) is 24.2 Å². The Morgan fingerprint density at radius 3 is 2.39 bits per heavy atom. The molecule has 0 fully saturated rings. The zero-order valence-electron chi connectivity index (χ0n) is 12.0. The van der Waals surface area contributed by atoms with Crippen LogP contribution >= 0.6 is 0 Å². The maximum Gasteiger partial charge on any atom is 0.0676 e. The third-order valence-corrected chi connectivity index (χ3v) is 3.66. The number of rotatable bonds is 7. The molecule has 0 radical (unpaired) electrons. The molecule has 18 heavy (non-hydrogen) atoms. The molecule has 102 valence electrons. The summed E-state index contributed by atoms with van der Waals surface area (Å²) in [4.78, 5) is 0. The molecule has 0 aromatic carbocycles. The molecule has 0 aliphatic heterocycles. The van der Waals surface area contributed by atoms with Crippen LogP contribution in [0.25, 0.3) is 0 Å². The molecule has 1 aromatic rings. The fourth-order valence-corrected chi connectivity index (χ4v) is 2.35. The first-order chi connectivity index (χ1) is 8.65. The first-order valence-electron chi connectivity index (χ1n) is 6.95. The maximum atomic E-state index is 5.74. The van der Waals surface area contributed by atoms with E-state index in [-0.39, 0.29) is 6.04 Å². The lowest BCUT2D eigenvalue weighted by Crippen LogP contribution is -2.30. The Hall–Kier alpha value is -1.00. The van der Waals surface area contributed by atoms with Crippen LogP contribution < -0.4 is 11.3 Å². The van der Waals surface area contributed by atoms with Crippen LogP contribution in [0, 0.1) is 12.8 Å². The lowest BCUT2D eigenvalue weighted by molar-refractivity contribution is 0.372. The molecule has 0 saturated carbocycles. The summed E-state index contributed by atoms with van der Waals surface area (Å²) in [6.45, 7) is 8.55. The van der Waals surface area contributed by atoms with E-state index in [9.17, 15) is 0 Å². The third-order valence-electron chi connectivity index (χ3n) is 3.66. The van der Waals surface area contributed by atoms with Crippen LogP contribution in [-0.4, -0.2) is 10.2 Å². The number of nitrogens with zero attached hydrogens (tertiary/aromatic N) is 2. The van der Waals surface area contributed by atoms with Crippen molar-refractivity contribution in [3.8, 4) is 0 Å². The van der Waals surface area contributed by atoms with Gasteiger partial charge in [0.1, 0.15) is 0 Å². The van der Waals surface area contributed by atoms with Gasteiger partial charge >= 0.3 is 0 Å². The molecular weight excluding hydrogens is 224 g/mol. The Morgan fingerprint density at radius 1 is 1.22 bits per heavy atom. The molecule has 3 N–H and O–H groups in total. The highest BCUT2D eigenvalue weighted by Crippen LogP contribution is 2.26. The Balaban J connectivity index is 2.96. The van der Waals surface area contributed by atoms with E-state index in [1.807, 2.05) is 6.92 Å². The molecule has 0 spiro atoms. The lowest BCUT2D eigenvalue weighted by atomic mass is 9.90. The molecule has 4 nitrogen and oxygen atoms in total. The van der Waals surface area contributed by atoms with Crippen LogP contribution in [0.3, 0.4) is 0 Å². The molecule has 0 amide bonds. The average Bonchev–Trinajstić information content (AvgIpc) is 2.40. The second-order valence-electron chi connectivity index (χ2n) is 4.88. The minimum Gasteiger partial charge on any atom is -0.271 e. The van der Waals surface area contributed by atoms with Crippen molar-refractivity contribution in [3.05, 3.63) is 23.0 Å². The molecular formula is C14H26N4. The van der Waals surface area contributed by atoms with Crippen molar-refractivity contribution in [2.45, 2.75) is 59.4 Å². The molecule has 4 heteroatoms. The lowest BCUT2D eigenvalue weighted by Gasteiger charge is -2.23. The summed E-state index contributed by atoms with van der Waals surface area (Å²) >= 11 is 0. The number of hydrogen-bond donors (Lipinski definition) is 2. The standard InChI is InChI=1S/C14H26N4/c1-5-11(6-2)9-14(16-15)12-8-10(4)17-18-13(12)7-3/h8,11,14,16H,5-7,9,15H2,1-4H3. The van der Waals surface area contributed by atoms with Crippen LogP contribution in [-0.2, 0) is 6.42 Å². The van der Waals surface area contributed by atoms with E-state index in [2.05, 4.69) is 42.5 Å². The van der Waals surface area contributed by atoms with Crippen molar-refractivity contribution in [1.82, 2.24) is 15.6 Å². The Morgan fingerprint density at radius 2 is 1.89 bits per heavy atom. The summed E-state index contributed by atoms with van der Waals surface area (Å²) in [5.41, 5.74) is 6.16. The Bertz CT molecular complexity index is 361. The van der Waals surface area contributed by atoms with Crippen molar-refractivity contribution >= 4 is 0 Å². The topological polar surface area (TPSA) is 63.8 Å². The monoisotopic (exact) mass is 250 g/mol. The van der Waals surface area contributed by atoms with Crippen LogP contribution in [0.2, 0.25) is 0 Å². The quantitative estimate of drug-likeness (QED) is 0.577. The molecule has 0 aliphatic rings.